The molecular formula is C18H20FNO. The second-order valence-electron chi connectivity index (χ2n) is 5.19. The molecule has 0 saturated carbocycles. The molecule has 0 saturated heterocycles. The maximum absolute atomic E-state index is 12.9. The number of hydrogen-bond donors (Lipinski definition) is 0. The Hall–Kier alpha value is -2.16. The molecule has 0 spiro atoms. The first kappa shape index (κ1) is 15.2. The number of rotatable bonds is 5. The predicted octanol–water partition coefficient (Wildman–Crippen LogP) is 3.98. The van der Waals surface area contributed by atoms with Gasteiger partial charge in [-0.1, -0.05) is 49.4 Å². The number of benzene rings is 2. The van der Waals surface area contributed by atoms with Crippen LogP contribution in [0.1, 0.15) is 30.4 Å². The molecule has 0 aromatic heterocycles. The summed E-state index contributed by atoms with van der Waals surface area (Å²) in [5.74, 6) is -0.298. The number of carbonyl (C=O) groups excluding carboxylic acids is 1. The average molecular weight is 285 g/mol. The molecule has 0 aliphatic rings. The van der Waals surface area contributed by atoms with E-state index in [1.807, 2.05) is 37.3 Å². The van der Waals surface area contributed by atoms with Crippen molar-refractivity contribution in [3.8, 4) is 0 Å². The van der Waals surface area contributed by atoms with Crippen molar-refractivity contribution in [1.82, 2.24) is 4.90 Å². The minimum atomic E-state index is -0.261. The summed E-state index contributed by atoms with van der Waals surface area (Å²) in [6.07, 6.45) is 0.761. The number of likely N-dealkylation sites (N-methyl/N-ethyl adjacent to an activating group) is 1. The van der Waals surface area contributed by atoms with E-state index in [4.69, 9.17) is 0 Å². The van der Waals surface area contributed by atoms with Gasteiger partial charge in [-0.3, -0.25) is 4.79 Å². The predicted molar refractivity (Wildman–Crippen MR) is 82.3 cm³/mol. The Bertz CT molecular complexity index is 580. The number of carbonyl (C=O) groups is 1. The fourth-order valence-electron chi connectivity index (χ4n) is 2.45. The highest BCUT2D eigenvalue weighted by Gasteiger charge is 2.21. The lowest BCUT2D eigenvalue weighted by Crippen LogP contribution is -2.31. The Morgan fingerprint density at radius 2 is 1.71 bits per heavy atom. The zero-order chi connectivity index (χ0) is 15.2. The molecule has 0 unspecified atom stereocenters. The van der Waals surface area contributed by atoms with Gasteiger partial charge in [0.15, 0.2) is 0 Å². The quantitative estimate of drug-likeness (QED) is 0.813. The van der Waals surface area contributed by atoms with Gasteiger partial charge in [-0.05, 0) is 29.7 Å². The van der Waals surface area contributed by atoms with Gasteiger partial charge in [0.1, 0.15) is 5.82 Å². The van der Waals surface area contributed by atoms with Crippen molar-refractivity contribution >= 4 is 5.91 Å². The van der Waals surface area contributed by atoms with Crippen LogP contribution in [0, 0.1) is 5.82 Å². The zero-order valence-electron chi connectivity index (χ0n) is 12.4. The number of amides is 1. The molecular weight excluding hydrogens is 265 g/mol. The van der Waals surface area contributed by atoms with E-state index < -0.39 is 0 Å². The highest BCUT2D eigenvalue weighted by atomic mass is 19.1. The van der Waals surface area contributed by atoms with Crippen LogP contribution >= 0.6 is 0 Å². The van der Waals surface area contributed by atoms with Gasteiger partial charge in [0.2, 0.25) is 5.91 Å². The Balaban J connectivity index is 2.08. The standard InChI is InChI=1S/C18H20FNO/c1-3-17(15-7-5-4-6-8-15)18(21)20(2)13-14-9-11-16(19)12-10-14/h4-12,17H,3,13H2,1-2H3/t17-/m1/s1. The second kappa shape index (κ2) is 7.02. The van der Waals surface area contributed by atoms with E-state index in [0.29, 0.717) is 6.54 Å². The van der Waals surface area contributed by atoms with Gasteiger partial charge in [-0.2, -0.15) is 0 Å². The van der Waals surface area contributed by atoms with E-state index >= 15 is 0 Å². The summed E-state index contributed by atoms with van der Waals surface area (Å²) in [5, 5.41) is 0. The van der Waals surface area contributed by atoms with Crippen molar-refractivity contribution in [2.24, 2.45) is 0 Å². The summed E-state index contributed by atoms with van der Waals surface area (Å²) in [6.45, 7) is 2.50. The minimum Gasteiger partial charge on any atom is -0.341 e. The molecule has 2 aromatic carbocycles. The smallest absolute Gasteiger partial charge is 0.230 e. The molecule has 0 bridgehead atoms. The van der Waals surface area contributed by atoms with Crippen LogP contribution in [0.2, 0.25) is 0 Å². The summed E-state index contributed by atoms with van der Waals surface area (Å²) in [6, 6.07) is 16.1. The van der Waals surface area contributed by atoms with Crippen molar-refractivity contribution in [2.45, 2.75) is 25.8 Å². The van der Waals surface area contributed by atoms with Crippen molar-refractivity contribution in [3.63, 3.8) is 0 Å². The second-order valence-corrected chi connectivity index (χ2v) is 5.19. The van der Waals surface area contributed by atoms with Gasteiger partial charge in [-0.15, -0.1) is 0 Å². The van der Waals surface area contributed by atoms with Gasteiger partial charge in [0.25, 0.3) is 0 Å². The largest absolute Gasteiger partial charge is 0.341 e. The zero-order valence-corrected chi connectivity index (χ0v) is 12.4. The SMILES string of the molecule is CC[C@@H](C(=O)N(C)Cc1ccc(F)cc1)c1ccccc1. The summed E-state index contributed by atoms with van der Waals surface area (Å²) >= 11 is 0. The van der Waals surface area contributed by atoms with E-state index in [1.54, 1.807) is 24.1 Å². The van der Waals surface area contributed by atoms with E-state index in [0.717, 1.165) is 17.5 Å². The first-order valence-electron chi connectivity index (χ1n) is 7.16. The van der Waals surface area contributed by atoms with Crippen molar-refractivity contribution in [1.29, 1.82) is 0 Å². The normalized spacial score (nSPS) is 12.0. The molecule has 0 heterocycles. The van der Waals surface area contributed by atoms with E-state index in [1.165, 1.54) is 12.1 Å². The lowest BCUT2D eigenvalue weighted by atomic mass is 9.95. The highest BCUT2D eigenvalue weighted by Crippen LogP contribution is 2.22. The van der Waals surface area contributed by atoms with Crippen LogP contribution in [0.15, 0.2) is 54.6 Å². The third kappa shape index (κ3) is 3.91. The van der Waals surface area contributed by atoms with Gasteiger partial charge < -0.3 is 4.90 Å². The van der Waals surface area contributed by atoms with Crippen molar-refractivity contribution in [2.75, 3.05) is 7.05 Å². The highest BCUT2D eigenvalue weighted by molar-refractivity contribution is 5.83. The van der Waals surface area contributed by atoms with Crippen LogP contribution in [-0.2, 0) is 11.3 Å². The van der Waals surface area contributed by atoms with Crippen LogP contribution in [0.25, 0.3) is 0 Å². The van der Waals surface area contributed by atoms with Gasteiger partial charge in [-0.25, -0.2) is 4.39 Å². The first-order valence-corrected chi connectivity index (χ1v) is 7.16. The van der Waals surface area contributed by atoms with Gasteiger partial charge >= 0.3 is 0 Å². The molecule has 3 heteroatoms. The molecule has 1 amide bonds. The van der Waals surface area contributed by atoms with Gasteiger partial charge in [0, 0.05) is 13.6 Å². The fourth-order valence-corrected chi connectivity index (χ4v) is 2.45. The third-order valence-corrected chi connectivity index (χ3v) is 3.62. The maximum atomic E-state index is 12.9. The van der Waals surface area contributed by atoms with Crippen LogP contribution < -0.4 is 0 Å². The summed E-state index contributed by atoms with van der Waals surface area (Å²) < 4.78 is 12.9. The van der Waals surface area contributed by atoms with Gasteiger partial charge in [0.05, 0.1) is 5.92 Å². The Morgan fingerprint density at radius 3 is 2.29 bits per heavy atom. The molecule has 2 aromatic rings. The van der Waals surface area contributed by atoms with E-state index in [9.17, 15) is 9.18 Å². The minimum absolute atomic E-state index is 0.0908. The summed E-state index contributed by atoms with van der Waals surface area (Å²) in [4.78, 5) is 14.3. The monoisotopic (exact) mass is 285 g/mol. The van der Waals surface area contributed by atoms with E-state index in [2.05, 4.69) is 0 Å². The molecule has 2 rings (SSSR count). The third-order valence-electron chi connectivity index (χ3n) is 3.62. The molecule has 0 aliphatic heterocycles. The molecule has 21 heavy (non-hydrogen) atoms. The molecule has 0 radical (unpaired) electrons. The Kier molecular flexibility index (Phi) is 5.09. The molecule has 1 atom stereocenters. The Morgan fingerprint density at radius 1 is 1.10 bits per heavy atom. The molecule has 2 nitrogen and oxygen atoms in total. The molecule has 0 N–H and O–H groups in total. The summed E-state index contributed by atoms with van der Waals surface area (Å²) in [7, 11) is 1.79. The summed E-state index contributed by atoms with van der Waals surface area (Å²) in [5.41, 5.74) is 1.96. The van der Waals surface area contributed by atoms with Crippen molar-refractivity contribution < 1.29 is 9.18 Å². The first-order chi connectivity index (χ1) is 10.1. The number of hydrogen-bond acceptors (Lipinski definition) is 1. The van der Waals surface area contributed by atoms with E-state index in [-0.39, 0.29) is 17.6 Å². The van der Waals surface area contributed by atoms with Crippen LogP contribution in [0.3, 0.4) is 0 Å². The van der Waals surface area contributed by atoms with Crippen molar-refractivity contribution in [3.05, 3.63) is 71.5 Å². The number of nitrogens with zero attached hydrogens (tertiary/aromatic N) is 1. The maximum Gasteiger partial charge on any atom is 0.230 e. The molecule has 0 aliphatic carbocycles. The van der Waals surface area contributed by atoms with Crippen LogP contribution in [0.5, 0.6) is 0 Å². The average Bonchev–Trinajstić information content (AvgIpc) is 2.51. The number of halogens is 1. The molecule has 0 fully saturated rings. The fraction of sp³-hybridized carbons (Fsp3) is 0.278. The molecule has 110 valence electrons. The van der Waals surface area contributed by atoms with Crippen LogP contribution in [0.4, 0.5) is 4.39 Å². The Labute approximate surface area is 125 Å². The lowest BCUT2D eigenvalue weighted by Gasteiger charge is -2.23. The topological polar surface area (TPSA) is 20.3 Å². The lowest BCUT2D eigenvalue weighted by molar-refractivity contribution is -0.132. The van der Waals surface area contributed by atoms with Crippen LogP contribution in [-0.4, -0.2) is 17.9 Å².